The highest BCUT2D eigenvalue weighted by Crippen LogP contribution is 2.28. The van der Waals surface area contributed by atoms with Gasteiger partial charge in [-0.3, -0.25) is 0 Å². The van der Waals surface area contributed by atoms with Gasteiger partial charge in [-0.2, -0.15) is 0 Å². The lowest BCUT2D eigenvalue weighted by Gasteiger charge is -2.05. The molecule has 0 spiro atoms. The van der Waals surface area contributed by atoms with E-state index in [1.807, 2.05) is 48.1 Å². The van der Waals surface area contributed by atoms with Gasteiger partial charge in [-0.15, -0.1) is 0 Å². The predicted molar refractivity (Wildman–Crippen MR) is 88.3 cm³/mol. The van der Waals surface area contributed by atoms with Crippen molar-refractivity contribution < 1.29 is 13.9 Å². The molecule has 0 aliphatic rings. The Morgan fingerprint density at radius 1 is 1.30 bits per heavy atom. The highest BCUT2D eigenvalue weighted by Gasteiger charge is 2.16. The zero-order chi connectivity index (χ0) is 16.2. The molecule has 118 valence electrons. The minimum atomic E-state index is -0.390. The van der Waals surface area contributed by atoms with Crippen molar-refractivity contribution in [3.05, 3.63) is 60.2 Å². The molecule has 0 saturated heterocycles. The standard InChI is InChI=1S/C17H16N2O3S/c1-19-14(12-6-4-3-5-7-12)10-18-17(19)23-11-15-13(8-9-22-15)16(20)21-2/h3-10H,11H2,1-2H3. The van der Waals surface area contributed by atoms with E-state index in [1.165, 1.54) is 25.1 Å². The van der Waals surface area contributed by atoms with E-state index in [0.29, 0.717) is 17.1 Å². The number of hydrogen-bond acceptors (Lipinski definition) is 5. The van der Waals surface area contributed by atoms with Gasteiger partial charge >= 0.3 is 5.97 Å². The Morgan fingerprint density at radius 2 is 2.09 bits per heavy atom. The number of imidazole rings is 1. The molecule has 0 aliphatic carbocycles. The van der Waals surface area contributed by atoms with Crippen molar-refractivity contribution in [2.24, 2.45) is 7.05 Å². The topological polar surface area (TPSA) is 57.3 Å². The van der Waals surface area contributed by atoms with Gasteiger partial charge in [-0.1, -0.05) is 42.1 Å². The molecule has 3 rings (SSSR count). The van der Waals surface area contributed by atoms with E-state index in [-0.39, 0.29) is 5.97 Å². The number of thioether (sulfide) groups is 1. The van der Waals surface area contributed by atoms with Crippen LogP contribution >= 0.6 is 11.8 Å². The number of rotatable bonds is 5. The van der Waals surface area contributed by atoms with Gasteiger partial charge in [0.05, 0.1) is 31.0 Å². The van der Waals surface area contributed by atoms with E-state index in [2.05, 4.69) is 4.98 Å². The Balaban J connectivity index is 1.77. The molecule has 5 nitrogen and oxygen atoms in total. The van der Waals surface area contributed by atoms with Crippen LogP contribution in [0.5, 0.6) is 0 Å². The third-order valence-electron chi connectivity index (χ3n) is 3.50. The van der Waals surface area contributed by atoms with Crippen LogP contribution in [0, 0.1) is 0 Å². The number of nitrogens with zero attached hydrogens (tertiary/aromatic N) is 2. The molecule has 0 aliphatic heterocycles. The summed E-state index contributed by atoms with van der Waals surface area (Å²) in [5.74, 6) is 0.710. The minimum absolute atomic E-state index is 0.390. The molecule has 0 amide bonds. The van der Waals surface area contributed by atoms with Crippen molar-refractivity contribution >= 4 is 17.7 Å². The van der Waals surface area contributed by atoms with Gasteiger partial charge in [0.25, 0.3) is 0 Å². The molecule has 0 radical (unpaired) electrons. The lowest BCUT2D eigenvalue weighted by atomic mass is 10.2. The van der Waals surface area contributed by atoms with Crippen molar-refractivity contribution in [2.75, 3.05) is 7.11 Å². The first-order valence-electron chi connectivity index (χ1n) is 7.05. The highest BCUT2D eigenvalue weighted by molar-refractivity contribution is 7.98. The van der Waals surface area contributed by atoms with Crippen molar-refractivity contribution in [1.29, 1.82) is 0 Å². The van der Waals surface area contributed by atoms with E-state index in [4.69, 9.17) is 9.15 Å². The maximum absolute atomic E-state index is 11.7. The maximum Gasteiger partial charge on any atom is 0.341 e. The normalized spacial score (nSPS) is 10.7. The van der Waals surface area contributed by atoms with Crippen LogP contribution in [0.1, 0.15) is 16.1 Å². The van der Waals surface area contributed by atoms with Gasteiger partial charge < -0.3 is 13.7 Å². The predicted octanol–water partition coefficient (Wildman–Crippen LogP) is 3.76. The van der Waals surface area contributed by atoms with Gasteiger partial charge in [-0.25, -0.2) is 9.78 Å². The van der Waals surface area contributed by atoms with Gasteiger partial charge in [0.1, 0.15) is 11.3 Å². The molecule has 0 fully saturated rings. The van der Waals surface area contributed by atoms with Crippen LogP contribution in [-0.4, -0.2) is 22.6 Å². The summed E-state index contributed by atoms with van der Waals surface area (Å²) in [6, 6.07) is 11.7. The highest BCUT2D eigenvalue weighted by atomic mass is 32.2. The summed E-state index contributed by atoms with van der Waals surface area (Å²) in [4.78, 5) is 16.1. The Kier molecular flexibility index (Phi) is 4.52. The second-order valence-electron chi connectivity index (χ2n) is 4.89. The first kappa shape index (κ1) is 15.4. The number of carbonyl (C=O) groups is 1. The lowest BCUT2D eigenvalue weighted by Crippen LogP contribution is -2.02. The van der Waals surface area contributed by atoms with Crippen molar-refractivity contribution in [2.45, 2.75) is 10.9 Å². The van der Waals surface area contributed by atoms with Crippen LogP contribution in [0.25, 0.3) is 11.3 Å². The van der Waals surface area contributed by atoms with Gasteiger partial charge in [0, 0.05) is 7.05 Å². The third kappa shape index (κ3) is 3.17. The second kappa shape index (κ2) is 6.75. The van der Waals surface area contributed by atoms with Crippen molar-refractivity contribution in [3.8, 4) is 11.3 Å². The van der Waals surface area contributed by atoms with E-state index in [9.17, 15) is 4.79 Å². The number of esters is 1. The van der Waals surface area contributed by atoms with Crippen LogP contribution in [0.3, 0.4) is 0 Å². The van der Waals surface area contributed by atoms with Crippen molar-refractivity contribution in [1.82, 2.24) is 9.55 Å². The summed E-state index contributed by atoms with van der Waals surface area (Å²) in [6.45, 7) is 0. The molecule has 0 N–H and O–H groups in total. The lowest BCUT2D eigenvalue weighted by molar-refractivity contribution is 0.0598. The van der Waals surface area contributed by atoms with Crippen LogP contribution < -0.4 is 0 Å². The average Bonchev–Trinajstić information content (AvgIpc) is 3.19. The number of methoxy groups -OCH3 is 1. The molecule has 0 unspecified atom stereocenters. The Bertz CT molecular complexity index is 808. The molecule has 2 heterocycles. The summed E-state index contributed by atoms with van der Waals surface area (Å²) in [5, 5.41) is 0.857. The van der Waals surface area contributed by atoms with Crippen LogP contribution in [0.15, 0.2) is 58.4 Å². The fourth-order valence-electron chi connectivity index (χ4n) is 2.28. The zero-order valence-electron chi connectivity index (χ0n) is 12.9. The third-order valence-corrected chi connectivity index (χ3v) is 4.54. The number of aromatic nitrogens is 2. The van der Waals surface area contributed by atoms with E-state index >= 15 is 0 Å². The summed E-state index contributed by atoms with van der Waals surface area (Å²) < 4.78 is 12.2. The van der Waals surface area contributed by atoms with E-state index in [1.54, 1.807) is 6.07 Å². The second-order valence-corrected chi connectivity index (χ2v) is 5.83. The smallest absolute Gasteiger partial charge is 0.341 e. The molecule has 0 saturated carbocycles. The monoisotopic (exact) mass is 328 g/mol. The van der Waals surface area contributed by atoms with Gasteiger partial charge in [0.2, 0.25) is 0 Å². The molecule has 0 bridgehead atoms. The van der Waals surface area contributed by atoms with E-state index < -0.39 is 0 Å². The molecule has 1 aromatic carbocycles. The number of ether oxygens (including phenoxy) is 1. The number of benzene rings is 1. The Hall–Kier alpha value is -2.47. The number of carbonyl (C=O) groups excluding carboxylic acids is 1. The quantitative estimate of drug-likeness (QED) is 0.527. The summed E-state index contributed by atoms with van der Waals surface area (Å²) in [6.07, 6.45) is 3.34. The molecule has 23 heavy (non-hydrogen) atoms. The summed E-state index contributed by atoms with van der Waals surface area (Å²) in [7, 11) is 3.33. The van der Waals surface area contributed by atoms with Crippen molar-refractivity contribution in [3.63, 3.8) is 0 Å². The number of hydrogen-bond donors (Lipinski definition) is 0. The Labute approximate surface area is 138 Å². The van der Waals surface area contributed by atoms with Gasteiger partial charge in [-0.05, 0) is 11.6 Å². The fourth-order valence-corrected chi connectivity index (χ4v) is 3.18. The molecule has 0 atom stereocenters. The Morgan fingerprint density at radius 3 is 2.83 bits per heavy atom. The van der Waals surface area contributed by atoms with Crippen LogP contribution in [-0.2, 0) is 17.5 Å². The first-order valence-corrected chi connectivity index (χ1v) is 8.04. The van der Waals surface area contributed by atoms with Crippen LogP contribution in [0.4, 0.5) is 0 Å². The average molecular weight is 328 g/mol. The molecule has 2 aromatic heterocycles. The maximum atomic E-state index is 11.7. The largest absolute Gasteiger partial charge is 0.468 e. The van der Waals surface area contributed by atoms with Gasteiger partial charge in [0.15, 0.2) is 5.16 Å². The minimum Gasteiger partial charge on any atom is -0.468 e. The zero-order valence-corrected chi connectivity index (χ0v) is 13.7. The molecule has 6 heteroatoms. The first-order chi connectivity index (χ1) is 11.2. The summed E-state index contributed by atoms with van der Waals surface area (Å²) in [5.41, 5.74) is 2.61. The number of furan rings is 1. The van der Waals surface area contributed by atoms with E-state index in [0.717, 1.165) is 16.4 Å². The molecular weight excluding hydrogens is 312 g/mol. The van der Waals surface area contributed by atoms with Crippen LogP contribution in [0.2, 0.25) is 0 Å². The summed E-state index contributed by atoms with van der Waals surface area (Å²) >= 11 is 1.51. The molecular formula is C17H16N2O3S. The SMILES string of the molecule is COC(=O)c1ccoc1CSc1ncc(-c2ccccc2)n1C. The molecule has 3 aromatic rings. The fraction of sp³-hybridized carbons (Fsp3) is 0.176.